The number of benzene rings is 1. The van der Waals surface area contributed by atoms with E-state index in [1.807, 2.05) is 0 Å². The standard InChI is InChI=1S/C9H8FN3O2S2/c10-7-3-1-6(2-4-7)9-12-5-8(16-9)17(14,15)13-11/h1-5,13H,11H2. The van der Waals surface area contributed by atoms with E-state index in [9.17, 15) is 12.8 Å². The molecule has 2 aromatic rings. The molecule has 90 valence electrons. The summed E-state index contributed by atoms with van der Waals surface area (Å²) in [5.41, 5.74) is 0.648. The number of nitrogens with two attached hydrogens (primary N) is 1. The number of aromatic nitrogens is 1. The van der Waals surface area contributed by atoms with E-state index in [-0.39, 0.29) is 10.0 Å². The van der Waals surface area contributed by atoms with Crippen LogP contribution in [0.1, 0.15) is 0 Å². The van der Waals surface area contributed by atoms with Crippen LogP contribution < -0.4 is 10.7 Å². The molecule has 2 rings (SSSR count). The van der Waals surface area contributed by atoms with Gasteiger partial charge in [-0.3, -0.25) is 5.84 Å². The van der Waals surface area contributed by atoms with Gasteiger partial charge in [0, 0.05) is 5.56 Å². The highest BCUT2D eigenvalue weighted by molar-refractivity contribution is 7.91. The largest absolute Gasteiger partial charge is 0.264 e. The Kier molecular flexibility index (Phi) is 3.20. The maximum atomic E-state index is 12.7. The summed E-state index contributed by atoms with van der Waals surface area (Å²) in [7, 11) is -3.68. The first kappa shape index (κ1) is 12.1. The Morgan fingerprint density at radius 3 is 2.53 bits per heavy atom. The summed E-state index contributed by atoms with van der Waals surface area (Å²) in [6.45, 7) is 0. The molecule has 0 amide bonds. The zero-order chi connectivity index (χ0) is 12.5. The van der Waals surface area contributed by atoms with E-state index in [0.717, 1.165) is 11.3 Å². The highest BCUT2D eigenvalue weighted by Gasteiger charge is 2.16. The summed E-state index contributed by atoms with van der Waals surface area (Å²) in [6, 6.07) is 5.62. The van der Waals surface area contributed by atoms with Crippen molar-refractivity contribution in [2.45, 2.75) is 4.21 Å². The van der Waals surface area contributed by atoms with Crippen LogP contribution in [0.15, 0.2) is 34.7 Å². The highest BCUT2D eigenvalue weighted by Crippen LogP contribution is 2.27. The number of sulfonamides is 1. The van der Waals surface area contributed by atoms with Crippen LogP contribution >= 0.6 is 11.3 Å². The molecule has 0 atom stereocenters. The molecule has 0 aliphatic carbocycles. The van der Waals surface area contributed by atoms with Crippen molar-refractivity contribution in [3.8, 4) is 10.6 Å². The molecule has 3 N–H and O–H groups in total. The molecule has 1 aromatic heterocycles. The van der Waals surface area contributed by atoms with Gasteiger partial charge in [-0.2, -0.15) is 0 Å². The van der Waals surface area contributed by atoms with Gasteiger partial charge in [0.2, 0.25) is 0 Å². The van der Waals surface area contributed by atoms with Crippen LogP contribution in [-0.2, 0) is 10.0 Å². The Labute approximate surface area is 101 Å². The Balaban J connectivity index is 2.40. The molecule has 5 nitrogen and oxygen atoms in total. The van der Waals surface area contributed by atoms with Gasteiger partial charge in [-0.15, -0.1) is 16.2 Å². The summed E-state index contributed by atoms with van der Waals surface area (Å²) in [5, 5.41) is 0.485. The van der Waals surface area contributed by atoms with E-state index in [4.69, 9.17) is 5.84 Å². The van der Waals surface area contributed by atoms with Gasteiger partial charge in [-0.25, -0.2) is 17.8 Å². The lowest BCUT2D eigenvalue weighted by Gasteiger charge is -1.96. The van der Waals surface area contributed by atoms with Gasteiger partial charge in [0.15, 0.2) is 4.21 Å². The predicted octanol–water partition coefficient (Wildman–Crippen LogP) is 1.10. The van der Waals surface area contributed by atoms with Crippen LogP contribution in [-0.4, -0.2) is 13.4 Å². The van der Waals surface area contributed by atoms with Crippen molar-refractivity contribution < 1.29 is 12.8 Å². The Bertz CT molecular complexity index is 622. The van der Waals surface area contributed by atoms with Crippen LogP contribution in [0.5, 0.6) is 0 Å². The minimum absolute atomic E-state index is 0.0133. The van der Waals surface area contributed by atoms with Crippen LogP contribution in [0, 0.1) is 5.82 Å². The molecule has 0 bridgehead atoms. The average Bonchev–Trinajstić information content (AvgIpc) is 2.80. The van der Waals surface area contributed by atoms with Crippen molar-refractivity contribution in [3.05, 3.63) is 36.3 Å². The first-order valence-corrected chi connectivity index (χ1v) is 6.77. The quantitative estimate of drug-likeness (QED) is 0.648. The zero-order valence-electron chi connectivity index (χ0n) is 8.42. The third-order valence-corrected chi connectivity index (χ3v) is 4.69. The molecule has 1 heterocycles. The molecule has 0 aliphatic heterocycles. The number of hydrazine groups is 1. The molecule has 17 heavy (non-hydrogen) atoms. The summed E-state index contributed by atoms with van der Waals surface area (Å²) < 4.78 is 35.5. The lowest BCUT2D eigenvalue weighted by atomic mass is 10.2. The topological polar surface area (TPSA) is 85.1 Å². The number of hydrogen-bond acceptors (Lipinski definition) is 5. The molecular formula is C9H8FN3O2S2. The smallest absolute Gasteiger partial charge is 0.257 e. The normalized spacial score (nSPS) is 11.6. The van der Waals surface area contributed by atoms with E-state index in [1.165, 1.54) is 30.5 Å². The molecule has 8 heteroatoms. The van der Waals surface area contributed by atoms with E-state index < -0.39 is 10.0 Å². The van der Waals surface area contributed by atoms with E-state index in [0.29, 0.717) is 10.6 Å². The molecule has 0 spiro atoms. The van der Waals surface area contributed by atoms with Crippen molar-refractivity contribution in [1.82, 2.24) is 9.82 Å². The predicted molar refractivity (Wildman–Crippen MR) is 62.0 cm³/mol. The fourth-order valence-electron chi connectivity index (χ4n) is 1.17. The van der Waals surface area contributed by atoms with Crippen molar-refractivity contribution in [1.29, 1.82) is 0 Å². The lowest BCUT2D eigenvalue weighted by molar-refractivity contribution is 0.586. The van der Waals surface area contributed by atoms with Crippen LogP contribution in [0.25, 0.3) is 10.6 Å². The second-order valence-electron chi connectivity index (χ2n) is 3.11. The second kappa shape index (κ2) is 4.49. The van der Waals surface area contributed by atoms with Crippen LogP contribution in [0.2, 0.25) is 0 Å². The number of nitrogens with zero attached hydrogens (tertiary/aromatic N) is 1. The molecular weight excluding hydrogens is 265 g/mol. The van der Waals surface area contributed by atoms with E-state index in [2.05, 4.69) is 4.98 Å². The fourth-order valence-corrected chi connectivity index (χ4v) is 2.95. The number of halogens is 1. The lowest BCUT2D eigenvalue weighted by Crippen LogP contribution is -2.29. The number of thiazole rings is 1. The molecule has 0 fully saturated rings. The third-order valence-electron chi connectivity index (χ3n) is 2.00. The molecule has 0 unspecified atom stereocenters. The monoisotopic (exact) mass is 273 g/mol. The fraction of sp³-hybridized carbons (Fsp3) is 0. The Morgan fingerprint density at radius 1 is 1.29 bits per heavy atom. The maximum absolute atomic E-state index is 12.7. The molecule has 1 aromatic carbocycles. The Hall–Kier alpha value is -1.35. The highest BCUT2D eigenvalue weighted by atomic mass is 32.2. The second-order valence-corrected chi connectivity index (χ2v) is 6.08. The zero-order valence-corrected chi connectivity index (χ0v) is 10.1. The molecule has 0 saturated carbocycles. The first-order valence-electron chi connectivity index (χ1n) is 4.47. The summed E-state index contributed by atoms with van der Waals surface area (Å²) in [5.74, 6) is 4.54. The molecule has 0 radical (unpaired) electrons. The maximum Gasteiger partial charge on any atom is 0.264 e. The minimum Gasteiger partial charge on any atom is -0.257 e. The van der Waals surface area contributed by atoms with Crippen LogP contribution in [0.4, 0.5) is 4.39 Å². The number of hydrogen-bond donors (Lipinski definition) is 2. The van der Waals surface area contributed by atoms with Gasteiger partial charge in [0.05, 0.1) is 6.20 Å². The average molecular weight is 273 g/mol. The SMILES string of the molecule is NNS(=O)(=O)c1cnc(-c2ccc(F)cc2)s1. The van der Waals surface area contributed by atoms with Crippen LogP contribution in [0.3, 0.4) is 0 Å². The first-order chi connectivity index (χ1) is 8.03. The third kappa shape index (κ3) is 2.50. The van der Waals surface area contributed by atoms with E-state index in [1.54, 1.807) is 4.83 Å². The van der Waals surface area contributed by atoms with Crippen molar-refractivity contribution in [2.24, 2.45) is 5.84 Å². The Morgan fingerprint density at radius 2 is 1.94 bits per heavy atom. The van der Waals surface area contributed by atoms with Crippen molar-refractivity contribution in [2.75, 3.05) is 0 Å². The van der Waals surface area contributed by atoms with E-state index >= 15 is 0 Å². The van der Waals surface area contributed by atoms with Crippen molar-refractivity contribution >= 4 is 21.4 Å². The molecule has 0 aliphatic rings. The number of nitrogens with one attached hydrogen (secondary N) is 1. The van der Waals surface area contributed by atoms with Gasteiger partial charge in [0.1, 0.15) is 10.8 Å². The molecule has 0 saturated heterocycles. The van der Waals surface area contributed by atoms with Crippen molar-refractivity contribution in [3.63, 3.8) is 0 Å². The van der Waals surface area contributed by atoms with Gasteiger partial charge < -0.3 is 0 Å². The van der Waals surface area contributed by atoms with Gasteiger partial charge in [0.25, 0.3) is 10.0 Å². The van der Waals surface area contributed by atoms with Gasteiger partial charge >= 0.3 is 0 Å². The number of rotatable bonds is 3. The summed E-state index contributed by atoms with van der Waals surface area (Å²) in [6.07, 6.45) is 1.21. The minimum atomic E-state index is -3.68. The van der Waals surface area contributed by atoms with Gasteiger partial charge in [-0.1, -0.05) is 0 Å². The summed E-state index contributed by atoms with van der Waals surface area (Å²) in [4.78, 5) is 5.67. The summed E-state index contributed by atoms with van der Waals surface area (Å²) >= 11 is 0.959. The van der Waals surface area contributed by atoms with Gasteiger partial charge in [-0.05, 0) is 24.3 Å².